The maximum absolute atomic E-state index is 10.1. The molecular formula is C33H9N9. The van der Waals surface area contributed by atoms with Gasteiger partial charge in [-0.05, 0) is 18.2 Å². The molecule has 4 aromatic rings. The van der Waals surface area contributed by atoms with Gasteiger partial charge in [0, 0.05) is 85.4 Å². The highest BCUT2D eigenvalue weighted by molar-refractivity contribution is 6.23. The van der Waals surface area contributed by atoms with E-state index in [1.807, 2.05) is 54.6 Å². The molecule has 0 unspecified atom stereocenters. The van der Waals surface area contributed by atoms with Crippen LogP contribution in [0, 0.1) is 68.0 Å². The molecule has 0 atom stereocenters. The maximum atomic E-state index is 10.1. The van der Waals surface area contributed by atoms with Gasteiger partial charge in [0.05, 0.1) is 17.1 Å². The molecule has 186 valence electrons. The number of benzene rings is 1. The van der Waals surface area contributed by atoms with Gasteiger partial charge in [0.2, 0.25) is 0 Å². The zero-order chi connectivity index (χ0) is 29.1. The van der Waals surface area contributed by atoms with E-state index in [2.05, 4.69) is 15.0 Å². The molecule has 0 N–H and O–H groups in total. The average molecular weight is 531 g/mol. The summed E-state index contributed by atoms with van der Waals surface area (Å²) in [6.45, 7) is 0. The van der Waals surface area contributed by atoms with Crippen LogP contribution in [0.15, 0.2) is 71.7 Å². The minimum absolute atomic E-state index is 0.181. The maximum Gasteiger partial charge on any atom is 0.139 e. The Morgan fingerprint density at radius 2 is 0.667 bits per heavy atom. The van der Waals surface area contributed by atoms with Crippen LogP contribution in [0.4, 0.5) is 0 Å². The largest absolute Gasteiger partial charge is 0.256 e. The van der Waals surface area contributed by atoms with Gasteiger partial charge in [0.25, 0.3) is 0 Å². The second kappa shape index (κ2) is 8.68. The molecule has 0 bridgehead atoms. The van der Waals surface area contributed by atoms with Gasteiger partial charge in [0.15, 0.2) is 0 Å². The van der Waals surface area contributed by atoms with Crippen molar-refractivity contribution in [2.75, 3.05) is 0 Å². The van der Waals surface area contributed by atoms with Crippen molar-refractivity contribution in [3.8, 4) is 69.8 Å². The van der Waals surface area contributed by atoms with Gasteiger partial charge in [-0.3, -0.25) is 15.0 Å². The van der Waals surface area contributed by atoms with Crippen LogP contribution in [0.3, 0.4) is 0 Å². The molecule has 0 radical (unpaired) electrons. The van der Waals surface area contributed by atoms with Crippen LogP contribution in [0.25, 0.3) is 50.1 Å². The van der Waals surface area contributed by atoms with Gasteiger partial charge >= 0.3 is 0 Å². The van der Waals surface area contributed by atoms with E-state index < -0.39 is 0 Å². The fourth-order valence-corrected chi connectivity index (χ4v) is 6.22. The van der Waals surface area contributed by atoms with Crippen LogP contribution in [0.5, 0.6) is 0 Å². The van der Waals surface area contributed by atoms with E-state index in [0.717, 1.165) is 0 Å². The fourth-order valence-electron chi connectivity index (χ4n) is 6.22. The number of nitriles is 6. The Balaban J connectivity index is 1.88. The van der Waals surface area contributed by atoms with Crippen molar-refractivity contribution in [2.45, 2.75) is 0 Å². The Morgan fingerprint density at radius 1 is 0.405 bits per heavy atom. The Morgan fingerprint density at radius 3 is 0.905 bits per heavy atom. The second-order valence-electron chi connectivity index (χ2n) is 9.37. The van der Waals surface area contributed by atoms with Crippen molar-refractivity contribution in [1.82, 2.24) is 15.0 Å². The monoisotopic (exact) mass is 531 g/mol. The van der Waals surface area contributed by atoms with Crippen molar-refractivity contribution in [2.24, 2.45) is 0 Å². The molecule has 7 rings (SSSR count). The Labute approximate surface area is 238 Å². The summed E-state index contributed by atoms with van der Waals surface area (Å²) in [5.74, 6) is 0. The van der Waals surface area contributed by atoms with E-state index in [1.165, 1.54) is 0 Å². The van der Waals surface area contributed by atoms with E-state index in [1.54, 1.807) is 36.8 Å². The number of aromatic nitrogens is 3. The quantitative estimate of drug-likeness (QED) is 0.233. The molecule has 3 heterocycles. The molecule has 1 aromatic carbocycles. The first kappa shape index (κ1) is 23.9. The van der Waals surface area contributed by atoms with Crippen LogP contribution in [-0.2, 0) is 0 Å². The predicted molar refractivity (Wildman–Crippen MR) is 148 cm³/mol. The SMILES string of the molecule is N#CC(C#N)=C1c2ncccc2-c2c1c1c(c3c2C(=C(C#N)C#N)c2ncccc2-3)C(=C(C#N)C#N)c2ncccc2-1. The molecule has 9 nitrogen and oxygen atoms in total. The normalized spacial score (nSPS) is 12.0. The molecule has 3 aromatic heterocycles. The molecule has 3 aliphatic rings. The van der Waals surface area contributed by atoms with Crippen molar-refractivity contribution in [3.05, 3.63) is 105 Å². The fraction of sp³-hybridized carbons (Fsp3) is 0. The van der Waals surface area contributed by atoms with E-state index in [4.69, 9.17) is 0 Å². The number of rotatable bonds is 0. The van der Waals surface area contributed by atoms with E-state index in [-0.39, 0.29) is 33.4 Å². The van der Waals surface area contributed by atoms with Gasteiger partial charge in [-0.15, -0.1) is 0 Å². The molecule has 0 aliphatic heterocycles. The minimum Gasteiger partial charge on any atom is -0.256 e. The Hall–Kier alpha value is -7.17. The Bertz CT molecular complexity index is 2030. The number of hydrogen-bond acceptors (Lipinski definition) is 9. The number of allylic oxidation sites excluding steroid dienone is 3. The summed E-state index contributed by atoms with van der Waals surface area (Å²) in [5.41, 5.74) is 6.49. The van der Waals surface area contributed by atoms with Crippen LogP contribution in [-0.4, -0.2) is 15.0 Å². The van der Waals surface area contributed by atoms with Gasteiger partial charge in [-0.25, -0.2) is 0 Å². The lowest BCUT2D eigenvalue weighted by Gasteiger charge is -2.18. The summed E-state index contributed by atoms with van der Waals surface area (Å²) in [6, 6.07) is 22.7. The first-order valence-electron chi connectivity index (χ1n) is 12.4. The zero-order valence-corrected chi connectivity index (χ0v) is 21.2. The highest BCUT2D eigenvalue weighted by Crippen LogP contribution is 2.64. The number of hydrogen-bond donors (Lipinski definition) is 0. The zero-order valence-electron chi connectivity index (χ0n) is 21.2. The van der Waals surface area contributed by atoms with Gasteiger partial charge in [0.1, 0.15) is 53.1 Å². The highest BCUT2D eigenvalue weighted by atomic mass is 14.7. The first-order chi connectivity index (χ1) is 20.6. The smallest absolute Gasteiger partial charge is 0.139 e. The van der Waals surface area contributed by atoms with Gasteiger partial charge in [-0.2, -0.15) is 31.6 Å². The van der Waals surface area contributed by atoms with Crippen molar-refractivity contribution in [1.29, 1.82) is 31.6 Å². The number of fused-ring (bicyclic) bond motifs is 12. The molecule has 0 spiro atoms. The summed E-state index contributed by atoms with van der Waals surface area (Å²) in [5, 5.41) is 60.5. The molecule has 0 fully saturated rings. The molecule has 3 aliphatic carbocycles. The minimum atomic E-state index is -0.181. The molecule has 0 saturated heterocycles. The van der Waals surface area contributed by atoms with E-state index in [9.17, 15) is 31.6 Å². The molecule has 0 saturated carbocycles. The summed E-state index contributed by atoms with van der Waals surface area (Å²) in [6.07, 6.45) is 4.68. The third kappa shape index (κ3) is 2.76. The lowest BCUT2D eigenvalue weighted by atomic mass is 9.82. The third-order valence-electron chi connectivity index (χ3n) is 7.61. The van der Waals surface area contributed by atoms with Crippen LogP contribution in [0.1, 0.15) is 33.8 Å². The summed E-state index contributed by atoms with van der Waals surface area (Å²) < 4.78 is 0. The van der Waals surface area contributed by atoms with E-state index in [0.29, 0.717) is 67.2 Å². The van der Waals surface area contributed by atoms with Gasteiger partial charge in [-0.1, -0.05) is 18.2 Å². The summed E-state index contributed by atoms with van der Waals surface area (Å²) in [7, 11) is 0. The van der Waals surface area contributed by atoms with Crippen LogP contribution >= 0.6 is 0 Å². The van der Waals surface area contributed by atoms with Crippen LogP contribution < -0.4 is 0 Å². The number of pyridine rings is 3. The van der Waals surface area contributed by atoms with Crippen molar-refractivity contribution >= 4 is 16.7 Å². The predicted octanol–water partition coefficient (Wildman–Crippen LogP) is 5.36. The highest BCUT2D eigenvalue weighted by Gasteiger charge is 2.45. The lowest BCUT2D eigenvalue weighted by molar-refractivity contribution is 1.29. The molecule has 9 heteroatoms. The molecule has 0 amide bonds. The van der Waals surface area contributed by atoms with Gasteiger partial charge < -0.3 is 0 Å². The number of nitrogens with zero attached hydrogens (tertiary/aromatic N) is 9. The van der Waals surface area contributed by atoms with E-state index >= 15 is 0 Å². The summed E-state index contributed by atoms with van der Waals surface area (Å²) >= 11 is 0. The molecule has 42 heavy (non-hydrogen) atoms. The topological polar surface area (TPSA) is 181 Å². The van der Waals surface area contributed by atoms with Crippen molar-refractivity contribution < 1.29 is 0 Å². The molecular weight excluding hydrogens is 522 g/mol. The third-order valence-corrected chi connectivity index (χ3v) is 7.61. The first-order valence-corrected chi connectivity index (χ1v) is 12.4. The Kier molecular flexibility index (Phi) is 4.94. The second-order valence-corrected chi connectivity index (χ2v) is 9.37. The average Bonchev–Trinajstić information content (AvgIpc) is 3.66. The standard InChI is InChI=1S/C33H9N9/c34-10-16(11-35)22-28-25(19-4-1-7-40-31(19)22)29-23(17(12-36)13-37)32-21(6-3-8-41-32)27(29)30-24(18(14-38)15-39)33-20(26(28)30)5-2-9-42-33/h1-9H. The lowest BCUT2D eigenvalue weighted by Crippen LogP contribution is -1.99. The summed E-state index contributed by atoms with van der Waals surface area (Å²) in [4.78, 5) is 13.7. The van der Waals surface area contributed by atoms with Crippen molar-refractivity contribution in [3.63, 3.8) is 0 Å². The van der Waals surface area contributed by atoms with Crippen LogP contribution in [0.2, 0.25) is 0 Å².